The summed E-state index contributed by atoms with van der Waals surface area (Å²) in [7, 11) is 2.80. The van der Waals surface area contributed by atoms with Crippen molar-refractivity contribution in [3.05, 3.63) is 39.6 Å². The van der Waals surface area contributed by atoms with Crippen LogP contribution in [0.25, 0.3) is 11.3 Å². The number of nitrogens with zero attached hydrogens (tertiary/aromatic N) is 1. The molecule has 21 heavy (non-hydrogen) atoms. The fourth-order valence-corrected chi connectivity index (χ4v) is 2.17. The largest absolute Gasteiger partial charge is 0.496 e. The van der Waals surface area contributed by atoms with Crippen molar-refractivity contribution >= 4 is 12.0 Å². The van der Waals surface area contributed by atoms with Crippen LogP contribution in [-0.2, 0) is 0 Å². The van der Waals surface area contributed by atoms with E-state index >= 15 is 0 Å². The number of aldehydes is 1. The molecule has 1 aromatic heterocycles. The van der Waals surface area contributed by atoms with Crippen LogP contribution in [-0.4, -0.2) is 25.4 Å². The molecule has 0 aliphatic heterocycles. The van der Waals surface area contributed by atoms with E-state index in [1.54, 1.807) is 13.0 Å². The third-order valence-corrected chi connectivity index (χ3v) is 3.05. The van der Waals surface area contributed by atoms with Gasteiger partial charge in [-0.25, -0.2) is 0 Å². The molecular formula is C14H13NO6. The van der Waals surface area contributed by atoms with E-state index in [2.05, 4.69) is 0 Å². The average Bonchev–Trinajstić information content (AvgIpc) is 2.94. The lowest BCUT2D eigenvalue weighted by molar-refractivity contribution is -0.385. The summed E-state index contributed by atoms with van der Waals surface area (Å²) in [4.78, 5) is 21.3. The minimum Gasteiger partial charge on any atom is -0.496 e. The second-order valence-corrected chi connectivity index (χ2v) is 4.21. The van der Waals surface area contributed by atoms with Gasteiger partial charge in [0.15, 0.2) is 12.0 Å². The number of benzene rings is 1. The highest BCUT2D eigenvalue weighted by molar-refractivity contribution is 5.78. The number of hydrogen-bond acceptors (Lipinski definition) is 6. The van der Waals surface area contributed by atoms with Gasteiger partial charge in [0.1, 0.15) is 11.5 Å². The van der Waals surface area contributed by atoms with Gasteiger partial charge in [-0.15, -0.1) is 0 Å². The second-order valence-electron chi connectivity index (χ2n) is 4.21. The SMILES string of the molecule is COc1c(-c2ccc(C=O)o2)cc([N+](=O)[O-])c(OC)c1C. The highest BCUT2D eigenvalue weighted by Gasteiger charge is 2.25. The molecule has 7 heteroatoms. The van der Waals surface area contributed by atoms with Gasteiger partial charge in [0, 0.05) is 11.6 Å². The molecule has 0 spiro atoms. The molecular weight excluding hydrogens is 278 g/mol. The zero-order valence-electron chi connectivity index (χ0n) is 11.7. The molecule has 2 rings (SSSR count). The lowest BCUT2D eigenvalue weighted by atomic mass is 10.0. The molecule has 0 radical (unpaired) electrons. The molecule has 2 aromatic rings. The molecule has 0 saturated heterocycles. The average molecular weight is 291 g/mol. The molecule has 1 heterocycles. The van der Waals surface area contributed by atoms with Crippen molar-refractivity contribution in [2.45, 2.75) is 6.92 Å². The molecule has 0 N–H and O–H groups in total. The number of rotatable bonds is 5. The van der Waals surface area contributed by atoms with Crippen LogP contribution in [0.3, 0.4) is 0 Å². The van der Waals surface area contributed by atoms with Gasteiger partial charge in [0.2, 0.25) is 5.75 Å². The molecule has 0 bridgehead atoms. The number of nitro benzene ring substituents is 1. The molecule has 0 amide bonds. The predicted molar refractivity (Wildman–Crippen MR) is 74.0 cm³/mol. The summed E-state index contributed by atoms with van der Waals surface area (Å²) in [5, 5.41) is 11.2. The van der Waals surface area contributed by atoms with E-state index in [1.165, 1.54) is 26.4 Å². The van der Waals surface area contributed by atoms with Gasteiger partial charge in [-0.2, -0.15) is 0 Å². The van der Waals surface area contributed by atoms with Gasteiger partial charge in [0.25, 0.3) is 0 Å². The van der Waals surface area contributed by atoms with E-state index < -0.39 is 4.92 Å². The lowest BCUT2D eigenvalue weighted by Gasteiger charge is -2.13. The van der Waals surface area contributed by atoms with E-state index in [0.29, 0.717) is 28.9 Å². The summed E-state index contributed by atoms with van der Waals surface area (Å²) in [5.41, 5.74) is 0.665. The van der Waals surface area contributed by atoms with Crippen molar-refractivity contribution in [1.82, 2.24) is 0 Å². The maximum absolute atomic E-state index is 11.2. The highest BCUT2D eigenvalue weighted by atomic mass is 16.6. The first-order valence-corrected chi connectivity index (χ1v) is 5.98. The van der Waals surface area contributed by atoms with Crippen LogP contribution < -0.4 is 9.47 Å². The molecule has 0 atom stereocenters. The molecule has 1 aromatic carbocycles. The Morgan fingerprint density at radius 2 is 1.90 bits per heavy atom. The molecule has 0 unspecified atom stereocenters. The van der Waals surface area contributed by atoms with Crippen LogP contribution in [0.5, 0.6) is 11.5 Å². The van der Waals surface area contributed by atoms with Crippen LogP contribution in [0.15, 0.2) is 22.6 Å². The van der Waals surface area contributed by atoms with Crippen LogP contribution in [0.1, 0.15) is 16.1 Å². The van der Waals surface area contributed by atoms with E-state index in [4.69, 9.17) is 13.9 Å². The predicted octanol–water partition coefficient (Wildman–Crippen LogP) is 2.99. The van der Waals surface area contributed by atoms with E-state index in [0.717, 1.165) is 0 Å². The third-order valence-electron chi connectivity index (χ3n) is 3.05. The Bertz CT molecular complexity index is 704. The summed E-state index contributed by atoms with van der Waals surface area (Å²) in [5.74, 6) is 0.956. The van der Waals surface area contributed by atoms with Gasteiger partial charge in [-0.1, -0.05) is 0 Å². The number of ether oxygens (including phenoxy) is 2. The van der Waals surface area contributed by atoms with Crippen molar-refractivity contribution in [2.75, 3.05) is 14.2 Å². The fourth-order valence-electron chi connectivity index (χ4n) is 2.17. The Balaban J connectivity index is 2.75. The summed E-state index contributed by atoms with van der Waals surface area (Å²) in [6.45, 7) is 1.65. The minimum atomic E-state index is -0.543. The van der Waals surface area contributed by atoms with Crippen molar-refractivity contribution in [2.24, 2.45) is 0 Å². The van der Waals surface area contributed by atoms with Crippen LogP contribution >= 0.6 is 0 Å². The van der Waals surface area contributed by atoms with Gasteiger partial charge < -0.3 is 13.9 Å². The molecule has 7 nitrogen and oxygen atoms in total. The maximum atomic E-state index is 11.2. The summed E-state index contributed by atoms with van der Waals surface area (Å²) in [6.07, 6.45) is 0.556. The number of furan rings is 1. The zero-order chi connectivity index (χ0) is 15.6. The fraction of sp³-hybridized carbons (Fsp3) is 0.214. The number of carbonyl (C=O) groups is 1. The molecule has 0 aliphatic carbocycles. The van der Waals surface area contributed by atoms with Gasteiger partial charge >= 0.3 is 5.69 Å². The Morgan fingerprint density at radius 3 is 2.38 bits per heavy atom. The maximum Gasteiger partial charge on any atom is 0.312 e. The topological polar surface area (TPSA) is 91.8 Å². The summed E-state index contributed by atoms with van der Waals surface area (Å²) < 4.78 is 15.7. The van der Waals surface area contributed by atoms with Crippen molar-refractivity contribution in [3.8, 4) is 22.8 Å². The first-order valence-electron chi connectivity index (χ1n) is 5.98. The van der Waals surface area contributed by atoms with Gasteiger partial charge in [0.05, 0.1) is 24.7 Å². The van der Waals surface area contributed by atoms with Crippen LogP contribution in [0.2, 0.25) is 0 Å². The number of carbonyl (C=O) groups excluding carboxylic acids is 1. The number of methoxy groups -OCH3 is 2. The zero-order valence-corrected chi connectivity index (χ0v) is 11.7. The van der Waals surface area contributed by atoms with Crippen LogP contribution in [0, 0.1) is 17.0 Å². The second kappa shape index (κ2) is 5.66. The number of nitro groups is 1. The molecule has 0 saturated carbocycles. The third kappa shape index (κ3) is 2.45. The smallest absolute Gasteiger partial charge is 0.312 e. The van der Waals surface area contributed by atoms with Crippen molar-refractivity contribution < 1.29 is 23.6 Å². The summed E-state index contributed by atoms with van der Waals surface area (Å²) in [6, 6.07) is 4.34. The first-order chi connectivity index (χ1) is 10.0. The first kappa shape index (κ1) is 14.6. The Labute approximate surface area is 120 Å². The van der Waals surface area contributed by atoms with Gasteiger partial charge in [-0.05, 0) is 19.1 Å². The summed E-state index contributed by atoms with van der Waals surface area (Å²) >= 11 is 0. The Hall–Kier alpha value is -2.83. The quantitative estimate of drug-likeness (QED) is 0.477. The van der Waals surface area contributed by atoms with Crippen LogP contribution in [0.4, 0.5) is 5.69 Å². The standard InChI is InChI=1S/C14H13NO6/c1-8-13(19-2)10(12-5-4-9(7-16)21-12)6-11(15(17)18)14(8)20-3/h4-7H,1-3H3. The minimum absolute atomic E-state index is 0.128. The Morgan fingerprint density at radius 1 is 1.24 bits per heavy atom. The van der Waals surface area contributed by atoms with E-state index in [1.807, 2.05) is 0 Å². The molecule has 110 valence electrons. The number of hydrogen-bond donors (Lipinski definition) is 0. The van der Waals surface area contributed by atoms with Gasteiger partial charge in [-0.3, -0.25) is 14.9 Å². The monoisotopic (exact) mass is 291 g/mol. The normalized spacial score (nSPS) is 10.2. The lowest BCUT2D eigenvalue weighted by Crippen LogP contribution is -2.00. The van der Waals surface area contributed by atoms with Crippen molar-refractivity contribution in [3.63, 3.8) is 0 Å². The highest BCUT2D eigenvalue weighted by Crippen LogP contribution is 2.44. The Kier molecular flexibility index (Phi) is 3.93. The molecule has 0 aliphatic rings. The molecule has 0 fully saturated rings. The van der Waals surface area contributed by atoms with E-state index in [9.17, 15) is 14.9 Å². The van der Waals surface area contributed by atoms with Crippen molar-refractivity contribution in [1.29, 1.82) is 0 Å². The van der Waals surface area contributed by atoms with E-state index in [-0.39, 0.29) is 17.2 Å².